The van der Waals surface area contributed by atoms with Crippen LogP contribution in [0.5, 0.6) is 0 Å². The van der Waals surface area contributed by atoms with Gasteiger partial charge in [-0.1, -0.05) is 67.9 Å². The summed E-state index contributed by atoms with van der Waals surface area (Å²) in [5.41, 5.74) is 2.80. The summed E-state index contributed by atoms with van der Waals surface area (Å²) in [6, 6.07) is 17.2. The number of aryl methyl sites for hydroxylation is 1. The fourth-order valence-corrected chi connectivity index (χ4v) is 4.15. The lowest BCUT2D eigenvalue weighted by molar-refractivity contribution is -0.144. The van der Waals surface area contributed by atoms with Crippen LogP contribution in [0.3, 0.4) is 0 Å². The molecule has 2 aromatic carbocycles. The van der Waals surface area contributed by atoms with Crippen LogP contribution in [0.1, 0.15) is 49.2 Å². The van der Waals surface area contributed by atoms with Crippen molar-refractivity contribution >= 4 is 46.0 Å². The summed E-state index contributed by atoms with van der Waals surface area (Å²) < 4.78 is 6.71. The molecular formula is C27H33N5O3S. The van der Waals surface area contributed by atoms with Gasteiger partial charge >= 0.3 is 5.97 Å². The molecule has 36 heavy (non-hydrogen) atoms. The van der Waals surface area contributed by atoms with Crippen molar-refractivity contribution in [2.45, 2.75) is 46.6 Å². The fourth-order valence-electron chi connectivity index (χ4n) is 3.18. The molecule has 1 aromatic heterocycles. The second kappa shape index (κ2) is 14.1. The van der Waals surface area contributed by atoms with E-state index < -0.39 is 11.9 Å². The van der Waals surface area contributed by atoms with Crippen LogP contribution < -0.4 is 10.6 Å². The Balaban J connectivity index is 1.94. The first-order chi connectivity index (χ1) is 17.5. The maximum atomic E-state index is 13.4. The Bertz CT molecular complexity index is 1160. The van der Waals surface area contributed by atoms with Gasteiger partial charge in [0.05, 0.1) is 12.9 Å². The molecule has 0 saturated carbocycles. The van der Waals surface area contributed by atoms with E-state index in [1.165, 1.54) is 10.9 Å². The van der Waals surface area contributed by atoms with E-state index in [1.807, 2.05) is 68.4 Å². The molecule has 0 saturated heterocycles. The van der Waals surface area contributed by atoms with Crippen LogP contribution >= 0.6 is 11.8 Å². The predicted octanol–water partition coefficient (Wildman–Crippen LogP) is 6.03. The van der Waals surface area contributed by atoms with Gasteiger partial charge in [0.2, 0.25) is 0 Å². The van der Waals surface area contributed by atoms with Gasteiger partial charge in [-0.15, -0.1) is 0 Å². The SMILES string of the molecule is CCCCSC(=Nc1ncn(CC(=O)OCCC)c1C(=O)Nc1ccc(C)cc1)Nc1ccccc1. The molecule has 0 aliphatic carbocycles. The summed E-state index contributed by atoms with van der Waals surface area (Å²) in [7, 11) is 0. The van der Waals surface area contributed by atoms with E-state index in [9.17, 15) is 9.59 Å². The number of unbranched alkanes of at least 4 members (excludes halogenated alkanes) is 1. The van der Waals surface area contributed by atoms with Gasteiger partial charge in [-0.25, -0.2) is 9.98 Å². The number of imidazole rings is 1. The third kappa shape index (κ3) is 8.27. The van der Waals surface area contributed by atoms with Crippen LogP contribution in [0.25, 0.3) is 0 Å². The minimum absolute atomic E-state index is 0.135. The minimum Gasteiger partial charge on any atom is -0.464 e. The molecule has 3 rings (SSSR count). The smallest absolute Gasteiger partial charge is 0.326 e. The van der Waals surface area contributed by atoms with Crippen LogP contribution in [0.4, 0.5) is 17.2 Å². The Morgan fingerprint density at radius 2 is 1.72 bits per heavy atom. The van der Waals surface area contributed by atoms with Crippen molar-refractivity contribution in [3.8, 4) is 0 Å². The summed E-state index contributed by atoms with van der Waals surface area (Å²) in [6.45, 7) is 6.23. The number of hydrogen-bond donors (Lipinski definition) is 2. The van der Waals surface area contributed by atoms with Crippen LogP contribution in [0.2, 0.25) is 0 Å². The maximum Gasteiger partial charge on any atom is 0.326 e. The van der Waals surface area contributed by atoms with Gasteiger partial charge in [-0.3, -0.25) is 9.59 Å². The van der Waals surface area contributed by atoms with Gasteiger partial charge in [-0.2, -0.15) is 0 Å². The Morgan fingerprint density at radius 3 is 2.42 bits per heavy atom. The number of anilines is 2. The van der Waals surface area contributed by atoms with Gasteiger partial charge < -0.3 is 19.9 Å². The lowest BCUT2D eigenvalue weighted by atomic mass is 10.2. The first-order valence-electron chi connectivity index (χ1n) is 12.1. The molecule has 0 aliphatic heterocycles. The fraction of sp³-hybridized carbons (Fsp3) is 0.333. The van der Waals surface area contributed by atoms with E-state index >= 15 is 0 Å². The standard InChI is InChI=1S/C27H33N5O3S/c1-4-6-17-36-27(30-21-10-8-7-9-11-21)31-25-24(26(34)29-22-14-12-20(3)13-15-22)32(19-28-25)18-23(33)35-16-5-2/h7-15,19H,4-6,16-18H2,1-3H3,(H,29,34)(H,30,31). The van der Waals surface area contributed by atoms with Gasteiger partial charge in [-0.05, 0) is 44.0 Å². The average Bonchev–Trinajstić information content (AvgIpc) is 3.26. The third-order valence-electron chi connectivity index (χ3n) is 5.08. The van der Waals surface area contributed by atoms with Crippen molar-refractivity contribution in [1.82, 2.24) is 9.55 Å². The third-order valence-corrected chi connectivity index (χ3v) is 6.04. The Morgan fingerprint density at radius 1 is 1.00 bits per heavy atom. The molecule has 0 atom stereocenters. The highest BCUT2D eigenvalue weighted by atomic mass is 32.2. The first-order valence-corrected chi connectivity index (χ1v) is 13.1. The van der Waals surface area contributed by atoms with Gasteiger partial charge in [0.25, 0.3) is 5.91 Å². The predicted molar refractivity (Wildman–Crippen MR) is 147 cm³/mol. The number of carbonyl (C=O) groups excluding carboxylic acids is 2. The van der Waals surface area contributed by atoms with E-state index in [-0.39, 0.29) is 18.1 Å². The summed E-state index contributed by atoms with van der Waals surface area (Å²) in [5.74, 6) is 0.250. The van der Waals surface area contributed by atoms with Crippen molar-refractivity contribution in [2.75, 3.05) is 23.0 Å². The molecule has 8 nitrogen and oxygen atoms in total. The van der Waals surface area contributed by atoms with Crippen molar-refractivity contribution < 1.29 is 14.3 Å². The number of carbonyl (C=O) groups is 2. The van der Waals surface area contributed by atoms with Crippen molar-refractivity contribution in [3.63, 3.8) is 0 Å². The zero-order valence-corrected chi connectivity index (χ0v) is 21.8. The highest BCUT2D eigenvalue weighted by molar-refractivity contribution is 8.14. The molecule has 2 N–H and O–H groups in total. The lowest BCUT2D eigenvalue weighted by Gasteiger charge is -2.11. The number of ether oxygens (including phenoxy) is 1. The van der Waals surface area contributed by atoms with E-state index in [4.69, 9.17) is 9.73 Å². The topological polar surface area (TPSA) is 97.6 Å². The first kappa shape index (κ1) is 27.0. The zero-order chi connectivity index (χ0) is 25.8. The number of thioether (sulfide) groups is 1. The molecule has 0 fully saturated rings. The van der Waals surface area contributed by atoms with Crippen molar-refractivity contribution in [2.24, 2.45) is 4.99 Å². The van der Waals surface area contributed by atoms with Gasteiger partial charge in [0, 0.05) is 17.1 Å². The Labute approximate surface area is 216 Å². The number of aromatic nitrogens is 2. The van der Waals surface area contributed by atoms with Crippen LogP contribution in [-0.4, -0.2) is 39.0 Å². The van der Waals surface area contributed by atoms with E-state index in [2.05, 4.69) is 22.5 Å². The van der Waals surface area contributed by atoms with Crippen molar-refractivity contribution in [3.05, 3.63) is 72.2 Å². The number of amidine groups is 1. The van der Waals surface area contributed by atoms with Crippen LogP contribution in [-0.2, 0) is 16.1 Å². The van der Waals surface area contributed by atoms with Crippen LogP contribution in [0.15, 0.2) is 65.9 Å². The minimum atomic E-state index is -0.436. The molecule has 0 bridgehead atoms. The van der Waals surface area contributed by atoms with Crippen molar-refractivity contribution in [1.29, 1.82) is 0 Å². The van der Waals surface area contributed by atoms with E-state index in [0.717, 1.165) is 36.3 Å². The number of esters is 1. The lowest BCUT2D eigenvalue weighted by Crippen LogP contribution is -2.21. The number of nitrogens with zero attached hydrogens (tertiary/aromatic N) is 3. The van der Waals surface area contributed by atoms with E-state index in [1.54, 1.807) is 11.8 Å². The number of amides is 1. The molecule has 3 aromatic rings. The number of benzene rings is 2. The molecule has 1 amide bonds. The van der Waals surface area contributed by atoms with Gasteiger partial charge in [0.1, 0.15) is 6.54 Å². The molecular weight excluding hydrogens is 474 g/mol. The normalized spacial score (nSPS) is 11.2. The number of nitrogens with one attached hydrogen (secondary N) is 2. The number of hydrogen-bond acceptors (Lipinski definition) is 6. The molecule has 1 heterocycles. The monoisotopic (exact) mass is 507 g/mol. The highest BCUT2D eigenvalue weighted by Gasteiger charge is 2.22. The number of aliphatic imine (C=N–C) groups is 1. The summed E-state index contributed by atoms with van der Waals surface area (Å²) in [4.78, 5) is 34.8. The highest BCUT2D eigenvalue weighted by Crippen LogP contribution is 2.23. The summed E-state index contributed by atoms with van der Waals surface area (Å²) in [6.07, 6.45) is 4.26. The molecule has 0 unspecified atom stereocenters. The maximum absolute atomic E-state index is 13.4. The average molecular weight is 508 g/mol. The molecule has 0 spiro atoms. The zero-order valence-electron chi connectivity index (χ0n) is 21.0. The molecule has 0 aliphatic rings. The molecule has 0 radical (unpaired) electrons. The largest absolute Gasteiger partial charge is 0.464 e. The Kier molecular flexibility index (Phi) is 10.6. The second-order valence-electron chi connectivity index (χ2n) is 8.20. The summed E-state index contributed by atoms with van der Waals surface area (Å²) in [5, 5.41) is 6.85. The quantitative estimate of drug-likeness (QED) is 0.142. The van der Waals surface area contributed by atoms with Gasteiger partial charge in [0.15, 0.2) is 16.7 Å². The number of rotatable bonds is 11. The second-order valence-corrected chi connectivity index (χ2v) is 9.28. The molecule has 190 valence electrons. The Hall–Kier alpha value is -3.59. The summed E-state index contributed by atoms with van der Waals surface area (Å²) >= 11 is 1.56. The van der Waals surface area contributed by atoms with Crippen LogP contribution in [0, 0.1) is 6.92 Å². The molecule has 9 heteroatoms. The number of para-hydroxylation sites is 1. The van der Waals surface area contributed by atoms with E-state index in [0.29, 0.717) is 17.5 Å².